The number of amides is 1. The number of nitrogens with two attached hydrogens (primary N) is 1. The van der Waals surface area contributed by atoms with Crippen LogP contribution >= 0.6 is 11.6 Å². The van der Waals surface area contributed by atoms with Crippen LogP contribution in [0.4, 0.5) is 5.82 Å². The number of anilines is 1. The second kappa shape index (κ2) is 7.42. The van der Waals surface area contributed by atoms with Gasteiger partial charge in [-0.25, -0.2) is 4.98 Å². The van der Waals surface area contributed by atoms with Crippen molar-refractivity contribution in [1.29, 1.82) is 0 Å². The van der Waals surface area contributed by atoms with Gasteiger partial charge in [0.15, 0.2) is 11.5 Å². The molecular formula is C18H19ClN6O2. The summed E-state index contributed by atoms with van der Waals surface area (Å²) < 4.78 is 5.15. The molecule has 0 spiro atoms. The normalized spacial score (nSPS) is 14.6. The van der Waals surface area contributed by atoms with Gasteiger partial charge >= 0.3 is 0 Å². The fourth-order valence-electron chi connectivity index (χ4n) is 3.05. The number of halogens is 1. The number of piperazine rings is 1. The first-order chi connectivity index (χ1) is 13.1. The molecule has 1 saturated heterocycles. The number of hydrogen-bond acceptors (Lipinski definition) is 6. The number of carbonyl (C=O) groups is 1. The maximum absolute atomic E-state index is 12.5. The van der Waals surface area contributed by atoms with Crippen LogP contribution in [-0.2, 0) is 6.54 Å². The van der Waals surface area contributed by atoms with E-state index in [2.05, 4.69) is 20.1 Å². The molecule has 4 rings (SSSR count). The molecule has 0 atom stereocenters. The number of nitrogens with one attached hydrogen (secondary N) is 1. The monoisotopic (exact) mass is 386 g/mol. The molecule has 1 aromatic carbocycles. The van der Waals surface area contributed by atoms with E-state index < -0.39 is 0 Å². The molecule has 140 valence electrons. The highest BCUT2D eigenvalue weighted by Gasteiger charge is 2.25. The predicted molar refractivity (Wildman–Crippen MR) is 102 cm³/mol. The molecular weight excluding hydrogens is 368 g/mol. The molecule has 3 aromatic rings. The Morgan fingerprint density at radius 3 is 2.63 bits per heavy atom. The Hall–Kier alpha value is -2.84. The first-order valence-corrected chi connectivity index (χ1v) is 9.02. The van der Waals surface area contributed by atoms with Gasteiger partial charge in [0.05, 0.1) is 12.2 Å². The number of benzene rings is 1. The molecule has 1 amide bonds. The number of hydrogen-bond donors (Lipinski definition) is 2. The van der Waals surface area contributed by atoms with Crippen molar-refractivity contribution in [2.45, 2.75) is 6.54 Å². The summed E-state index contributed by atoms with van der Waals surface area (Å²) in [6.07, 6.45) is 1.36. The molecule has 27 heavy (non-hydrogen) atoms. The zero-order valence-electron chi connectivity index (χ0n) is 14.6. The zero-order valence-corrected chi connectivity index (χ0v) is 15.3. The van der Waals surface area contributed by atoms with E-state index in [0.29, 0.717) is 42.8 Å². The Morgan fingerprint density at radius 1 is 1.22 bits per heavy atom. The van der Waals surface area contributed by atoms with Gasteiger partial charge in [-0.15, -0.1) is 0 Å². The summed E-state index contributed by atoms with van der Waals surface area (Å²) in [5.41, 5.74) is 7.72. The molecule has 0 aliphatic carbocycles. The van der Waals surface area contributed by atoms with Crippen molar-refractivity contribution in [3.63, 3.8) is 0 Å². The van der Waals surface area contributed by atoms with E-state index in [-0.39, 0.29) is 12.5 Å². The lowest BCUT2D eigenvalue weighted by Crippen LogP contribution is -2.49. The van der Waals surface area contributed by atoms with Crippen molar-refractivity contribution in [3.8, 4) is 11.3 Å². The number of aromatic nitrogens is 3. The number of H-pyrrole nitrogens is 1. The molecule has 0 saturated carbocycles. The van der Waals surface area contributed by atoms with E-state index in [0.717, 1.165) is 17.1 Å². The molecule has 0 unspecified atom stereocenters. The van der Waals surface area contributed by atoms with Gasteiger partial charge in [0, 0.05) is 37.3 Å². The standard InChI is InChI=1S/C18H19ClN6O2/c19-13-3-1-12(2-4-13)14-9-16(23-22-14)24-5-7-25(8-6-24)18(26)15-11-27-17(10-20)21-15/h1-4,9,11H,5-8,10,20H2,(H,22,23). The van der Waals surface area contributed by atoms with Crippen LogP contribution in [0.2, 0.25) is 5.02 Å². The third kappa shape index (κ3) is 3.67. The summed E-state index contributed by atoms with van der Waals surface area (Å²) in [6.45, 7) is 2.74. The van der Waals surface area contributed by atoms with Crippen LogP contribution in [0.3, 0.4) is 0 Å². The summed E-state index contributed by atoms with van der Waals surface area (Å²) >= 11 is 5.94. The molecule has 1 fully saturated rings. The van der Waals surface area contributed by atoms with Crippen LogP contribution in [0.25, 0.3) is 11.3 Å². The number of nitrogens with zero attached hydrogens (tertiary/aromatic N) is 4. The minimum absolute atomic E-state index is 0.137. The second-order valence-corrected chi connectivity index (χ2v) is 6.69. The first-order valence-electron chi connectivity index (χ1n) is 8.64. The summed E-state index contributed by atoms with van der Waals surface area (Å²) in [4.78, 5) is 20.5. The second-order valence-electron chi connectivity index (χ2n) is 6.26. The third-order valence-electron chi connectivity index (χ3n) is 4.56. The fraction of sp³-hybridized carbons (Fsp3) is 0.278. The van der Waals surface area contributed by atoms with Crippen LogP contribution < -0.4 is 10.6 Å². The van der Waals surface area contributed by atoms with Crippen LogP contribution in [-0.4, -0.2) is 52.2 Å². The van der Waals surface area contributed by atoms with Crippen LogP contribution in [0.5, 0.6) is 0 Å². The number of aromatic amines is 1. The van der Waals surface area contributed by atoms with Crippen LogP contribution in [0, 0.1) is 0 Å². The van der Waals surface area contributed by atoms with E-state index in [4.69, 9.17) is 21.8 Å². The van der Waals surface area contributed by atoms with Crippen molar-refractivity contribution in [2.75, 3.05) is 31.1 Å². The van der Waals surface area contributed by atoms with Gasteiger partial charge < -0.3 is 20.0 Å². The summed E-state index contributed by atoms with van der Waals surface area (Å²) in [5.74, 6) is 1.09. The maximum Gasteiger partial charge on any atom is 0.275 e. The van der Waals surface area contributed by atoms with Gasteiger partial charge in [-0.05, 0) is 17.7 Å². The molecule has 3 N–H and O–H groups in total. The number of rotatable bonds is 4. The average molecular weight is 387 g/mol. The van der Waals surface area contributed by atoms with Gasteiger partial charge in [0.25, 0.3) is 5.91 Å². The summed E-state index contributed by atoms with van der Waals surface area (Å²) in [5, 5.41) is 8.16. The molecule has 0 radical (unpaired) electrons. The van der Waals surface area contributed by atoms with Gasteiger partial charge in [-0.2, -0.15) is 5.10 Å². The Labute approximate surface area is 160 Å². The molecule has 1 aliphatic rings. The molecule has 0 bridgehead atoms. The lowest BCUT2D eigenvalue weighted by atomic mass is 10.1. The van der Waals surface area contributed by atoms with Crippen molar-refractivity contribution < 1.29 is 9.21 Å². The highest BCUT2D eigenvalue weighted by Crippen LogP contribution is 2.24. The van der Waals surface area contributed by atoms with Crippen LogP contribution in [0.1, 0.15) is 16.4 Å². The maximum atomic E-state index is 12.5. The van der Waals surface area contributed by atoms with Crippen molar-refractivity contribution >= 4 is 23.3 Å². The Kier molecular flexibility index (Phi) is 4.83. The van der Waals surface area contributed by atoms with Gasteiger partial charge in [-0.3, -0.25) is 9.89 Å². The van der Waals surface area contributed by atoms with Crippen molar-refractivity contribution in [3.05, 3.63) is 53.2 Å². The topological polar surface area (TPSA) is 104 Å². The van der Waals surface area contributed by atoms with E-state index in [1.54, 1.807) is 4.90 Å². The Bertz CT molecular complexity index is 927. The van der Waals surface area contributed by atoms with Crippen molar-refractivity contribution in [2.24, 2.45) is 5.73 Å². The third-order valence-corrected chi connectivity index (χ3v) is 4.81. The highest BCUT2D eigenvalue weighted by atomic mass is 35.5. The van der Waals surface area contributed by atoms with E-state index in [1.165, 1.54) is 6.26 Å². The molecule has 1 aliphatic heterocycles. The molecule has 2 aromatic heterocycles. The van der Waals surface area contributed by atoms with Crippen molar-refractivity contribution in [1.82, 2.24) is 20.1 Å². The minimum Gasteiger partial charge on any atom is -0.447 e. The van der Waals surface area contributed by atoms with Gasteiger partial charge in [0.1, 0.15) is 6.26 Å². The van der Waals surface area contributed by atoms with E-state index >= 15 is 0 Å². The quantitative estimate of drug-likeness (QED) is 0.711. The lowest BCUT2D eigenvalue weighted by Gasteiger charge is -2.34. The lowest BCUT2D eigenvalue weighted by molar-refractivity contribution is 0.0740. The SMILES string of the molecule is NCc1nc(C(=O)N2CCN(c3cc(-c4ccc(Cl)cc4)[nH]n3)CC2)co1. The largest absolute Gasteiger partial charge is 0.447 e. The molecule has 8 nitrogen and oxygen atoms in total. The Balaban J connectivity index is 1.39. The number of oxazole rings is 1. The Morgan fingerprint density at radius 2 is 1.96 bits per heavy atom. The van der Waals surface area contributed by atoms with Gasteiger partial charge in [-0.1, -0.05) is 23.7 Å². The molecule has 9 heteroatoms. The predicted octanol–water partition coefficient (Wildman–Crippen LogP) is 2.14. The van der Waals surface area contributed by atoms with Gasteiger partial charge in [0.2, 0.25) is 5.89 Å². The highest BCUT2D eigenvalue weighted by molar-refractivity contribution is 6.30. The minimum atomic E-state index is -0.137. The smallest absolute Gasteiger partial charge is 0.275 e. The first kappa shape index (κ1) is 17.6. The number of carbonyl (C=O) groups excluding carboxylic acids is 1. The fourth-order valence-corrected chi connectivity index (χ4v) is 3.18. The summed E-state index contributed by atoms with van der Waals surface area (Å²) in [7, 11) is 0. The zero-order chi connectivity index (χ0) is 18.8. The summed E-state index contributed by atoms with van der Waals surface area (Å²) in [6, 6.07) is 9.60. The molecule has 3 heterocycles. The van der Waals surface area contributed by atoms with E-state index in [1.807, 2.05) is 30.3 Å². The van der Waals surface area contributed by atoms with Crippen LogP contribution in [0.15, 0.2) is 41.0 Å². The average Bonchev–Trinajstić information content (AvgIpc) is 3.38. The van der Waals surface area contributed by atoms with E-state index in [9.17, 15) is 4.79 Å².